The Kier molecular flexibility index (Phi) is 5.86. The molecule has 0 aliphatic heterocycles. The van der Waals surface area contributed by atoms with Crippen LogP contribution in [0.2, 0.25) is 0 Å². The van der Waals surface area contributed by atoms with Crippen LogP contribution in [0.1, 0.15) is 35.5 Å². The Balaban J connectivity index is 1.71. The van der Waals surface area contributed by atoms with Crippen LogP contribution in [0.5, 0.6) is 0 Å². The van der Waals surface area contributed by atoms with Gasteiger partial charge in [0.05, 0.1) is 29.7 Å². The van der Waals surface area contributed by atoms with Gasteiger partial charge in [-0.15, -0.1) is 0 Å². The third-order valence-electron chi connectivity index (χ3n) is 4.55. The van der Waals surface area contributed by atoms with Gasteiger partial charge in [-0.1, -0.05) is 48.5 Å². The van der Waals surface area contributed by atoms with Crippen molar-refractivity contribution in [1.29, 1.82) is 0 Å². The molecule has 1 unspecified atom stereocenters. The lowest BCUT2D eigenvalue weighted by atomic mass is 10.1. The maximum absolute atomic E-state index is 13.9. The molecule has 0 fully saturated rings. The summed E-state index contributed by atoms with van der Waals surface area (Å²) in [5.74, 6) is -0.228. The summed E-state index contributed by atoms with van der Waals surface area (Å²) >= 11 is 5.47. The number of nitrogens with zero attached hydrogens (tertiary/aromatic N) is 2. The number of aromatic nitrogens is 2. The normalized spacial score (nSPS) is 11.9. The number of anilines is 1. The van der Waals surface area contributed by atoms with Crippen LogP contribution >= 0.6 is 12.2 Å². The number of nitrogens with one attached hydrogen (secondary N) is 2. The third-order valence-corrected chi connectivity index (χ3v) is 4.77. The number of hydrogen-bond donors (Lipinski definition) is 2. The maximum atomic E-state index is 13.9. The Bertz CT molecular complexity index is 937. The van der Waals surface area contributed by atoms with Crippen molar-refractivity contribution in [3.05, 3.63) is 82.9 Å². The first-order chi connectivity index (χ1) is 13.0. The Morgan fingerprint density at radius 2 is 1.78 bits per heavy atom. The van der Waals surface area contributed by atoms with E-state index >= 15 is 0 Å². The lowest BCUT2D eigenvalue weighted by molar-refractivity contribution is 0.579. The zero-order chi connectivity index (χ0) is 19.4. The summed E-state index contributed by atoms with van der Waals surface area (Å²) in [6.07, 6.45) is 0. The Morgan fingerprint density at radius 3 is 2.48 bits per heavy atom. The molecule has 6 heteroatoms. The highest BCUT2D eigenvalue weighted by molar-refractivity contribution is 7.80. The SMILES string of the molecule is Cc1nn(Cc2ccccc2F)c(C)c1NC(=S)NC(C)c1ccccc1. The monoisotopic (exact) mass is 382 g/mol. The van der Waals surface area contributed by atoms with Crippen molar-refractivity contribution in [3.8, 4) is 0 Å². The molecule has 1 aromatic heterocycles. The number of rotatable bonds is 5. The zero-order valence-electron chi connectivity index (χ0n) is 15.7. The van der Waals surface area contributed by atoms with Crippen molar-refractivity contribution in [1.82, 2.24) is 15.1 Å². The molecule has 1 atom stereocenters. The van der Waals surface area contributed by atoms with Gasteiger partial charge < -0.3 is 10.6 Å². The van der Waals surface area contributed by atoms with Gasteiger partial charge in [-0.3, -0.25) is 4.68 Å². The molecule has 0 spiro atoms. The maximum Gasteiger partial charge on any atom is 0.171 e. The highest BCUT2D eigenvalue weighted by atomic mass is 32.1. The van der Waals surface area contributed by atoms with Gasteiger partial charge in [0, 0.05) is 5.56 Å². The standard InChI is InChI=1S/C21H23FN4S/c1-14(17-9-5-4-6-10-17)23-21(27)24-20-15(2)25-26(16(20)3)13-18-11-7-8-12-19(18)22/h4-12,14H,13H2,1-3H3,(H2,23,24,27). The Labute approximate surface area is 164 Å². The fraction of sp³-hybridized carbons (Fsp3) is 0.238. The van der Waals surface area contributed by atoms with Crippen LogP contribution in [0.15, 0.2) is 54.6 Å². The number of benzene rings is 2. The van der Waals surface area contributed by atoms with Gasteiger partial charge in [0.15, 0.2) is 5.11 Å². The zero-order valence-corrected chi connectivity index (χ0v) is 16.5. The Morgan fingerprint density at radius 1 is 1.11 bits per heavy atom. The van der Waals surface area contributed by atoms with Crippen molar-refractivity contribution in [3.63, 3.8) is 0 Å². The molecule has 0 saturated heterocycles. The van der Waals surface area contributed by atoms with Gasteiger partial charge in [0.25, 0.3) is 0 Å². The van der Waals surface area contributed by atoms with Crippen LogP contribution in [-0.4, -0.2) is 14.9 Å². The van der Waals surface area contributed by atoms with E-state index in [0.29, 0.717) is 17.2 Å². The van der Waals surface area contributed by atoms with Gasteiger partial charge in [-0.2, -0.15) is 5.10 Å². The summed E-state index contributed by atoms with van der Waals surface area (Å²) < 4.78 is 15.7. The molecule has 0 bridgehead atoms. The van der Waals surface area contributed by atoms with Crippen molar-refractivity contribution >= 4 is 23.0 Å². The Hall–Kier alpha value is -2.73. The second-order valence-electron chi connectivity index (χ2n) is 6.53. The molecule has 140 valence electrons. The van der Waals surface area contributed by atoms with Crippen LogP contribution in [0, 0.1) is 19.7 Å². The molecule has 27 heavy (non-hydrogen) atoms. The number of hydrogen-bond acceptors (Lipinski definition) is 2. The molecule has 3 rings (SSSR count). The highest BCUT2D eigenvalue weighted by Crippen LogP contribution is 2.21. The van der Waals surface area contributed by atoms with Gasteiger partial charge in [0.1, 0.15) is 5.82 Å². The van der Waals surface area contributed by atoms with E-state index in [1.165, 1.54) is 6.07 Å². The van der Waals surface area contributed by atoms with Gasteiger partial charge >= 0.3 is 0 Å². The van der Waals surface area contributed by atoms with Crippen molar-refractivity contribution in [2.75, 3.05) is 5.32 Å². The number of thiocarbonyl (C=S) groups is 1. The molecule has 2 N–H and O–H groups in total. The van der Waals surface area contributed by atoms with E-state index in [0.717, 1.165) is 22.6 Å². The van der Waals surface area contributed by atoms with Gasteiger partial charge in [-0.25, -0.2) is 4.39 Å². The van der Waals surface area contributed by atoms with E-state index in [1.807, 2.05) is 38.1 Å². The summed E-state index contributed by atoms with van der Waals surface area (Å²) in [5, 5.41) is 11.6. The smallest absolute Gasteiger partial charge is 0.171 e. The molecule has 2 aromatic carbocycles. The molecular weight excluding hydrogens is 359 g/mol. The summed E-state index contributed by atoms with van der Waals surface area (Å²) in [5.41, 5.74) is 4.34. The molecule has 0 aliphatic rings. The molecule has 0 amide bonds. The first-order valence-electron chi connectivity index (χ1n) is 8.85. The molecule has 0 radical (unpaired) electrons. The molecule has 0 saturated carbocycles. The summed E-state index contributed by atoms with van der Waals surface area (Å²) in [7, 11) is 0. The number of aryl methyl sites for hydroxylation is 1. The minimum atomic E-state index is -0.228. The molecule has 1 heterocycles. The van der Waals surface area contributed by atoms with Crippen molar-refractivity contribution in [2.45, 2.75) is 33.4 Å². The van der Waals surface area contributed by atoms with Gasteiger partial charge in [-0.05, 0) is 44.6 Å². The van der Waals surface area contributed by atoms with E-state index in [9.17, 15) is 4.39 Å². The molecule has 0 aliphatic carbocycles. The largest absolute Gasteiger partial charge is 0.356 e. The average molecular weight is 383 g/mol. The highest BCUT2D eigenvalue weighted by Gasteiger charge is 2.15. The van der Waals surface area contributed by atoms with E-state index in [1.54, 1.807) is 16.8 Å². The predicted octanol–water partition coefficient (Wildman–Crippen LogP) is 4.73. The van der Waals surface area contributed by atoms with Crippen molar-refractivity contribution < 1.29 is 4.39 Å². The molecule has 4 nitrogen and oxygen atoms in total. The van der Waals surface area contributed by atoms with Crippen LogP contribution in [-0.2, 0) is 6.54 Å². The lowest BCUT2D eigenvalue weighted by Gasteiger charge is -2.17. The first kappa shape index (κ1) is 19.0. The second kappa shape index (κ2) is 8.31. The minimum absolute atomic E-state index is 0.0836. The van der Waals surface area contributed by atoms with Crippen molar-refractivity contribution in [2.24, 2.45) is 0 Å². The second-order valence-corrected chi connectivity index (χ2v) is 6.93. The molecule has 3 aromatic rings. The van der Waals surface area contributed by atoms with Crippen LogP contribution in [0.4, 0.5) is 10.1 Å². The summed E-state index contributed by atoms with van der Waals surface area (Å²) in [4.78, 5) is 0. The summed E-state index contributed by atoms with van der Waals surface area (Å²) in [6, 6.07) is 16.9. The third kappa shape index (κ3) is 4.52. The first-order valence-corrected chi connectivity index (χ1v) is 9.26. The quantitative estimate of drug-likeness (QED) is 0.626. The summed E-state index contributed by atoms with van der Waals surface area (Å²) in [6.45, 7) is 6.30. The van der Waals surface area contributed by atoms with Crippen LogP contribution in [0.25, 0.3) is 0 Å². The number of halogens is 1. The predicted molar refractivity (Wildman–Crippen MR) is 111 cm³/mol. The van der Waals surface area contributed by atoms with E-state index in [-0.39, 0.29) is 11.9 Å². The topological polar surface area (TPSA) is 41.9 Å². The minimum Gasteiger partial charge on any atom is -0.356 e. The molecular formula is C21H23FN4S. The van der Waals surface area contributed by atoms with Crippen LogP contribution in [0.3, 0.4) is 0 Å². The van der Waals surface area contributed by atoms with Gasteiger partial charge in [0.2, 0.25) is 0 Å². The lowest BCUT2D eigenvalue weighted by Crippen LogP contribution is -2.31. The van der Waals surface area contributed by atoms with E-state index < -0.39 is 0 Å². The van der Waals surface area contributed by atoms with E-state index in [2.05, 4.69) is 34.8 Å². The van der Waals surface area contributed by atoms with Crippen LogP contribution < -0.4 is 10.6 Å². The average Bonchev–Trinajstić information content (AvgIpc) is 2.91. The fourth-order valence-electron chi connectivity index (χ4n) is 2.99. The van der Waals surface area contributed by atoms with E-state index in [4.69, 9.17) is 12.2 Å². The fourth-order valence-corrected chi connectivity index (χ4v) is 3.27.